The Hall–Kier alpha value is -3.66. The first-order valence-electron chi connectivity index (χ1n) is 9.36. The highest BCUT2D eigenvalue weighted by Crippen LogP contribution is 2.22. The van der Waals surface area contributed by atoms with Gasteiger partial charge in [0.05, 0.1) is 16.7 Å². The molecule has 2 aromatic carbocycles. The maximum Gasteiger partial charge on any atom is 0.262 e. The summed E-state index contributed by atoms with van der Waals surface area (Å²) in [5, 5.41) is 3.53. The van der Waals surface area contributed by atoms with Crippen LogP contribution in [0.5, 0.6) is 0 Å². The summed E-state index contributed by atoms with van der Waals surface area (Å²) in [6.45, 7) is 3.73. The number of fused-ring (bicyclic) bond motifs is 1. The molecule has 0 aliphatic carbocycles. The minimum Gasteiger partial charge on any atom is -0.366 e. The highest BCUT2D eigenvalue weighted by molar-refractivity contribution is 7.99. The topological polar surface area (TPSA) is 150 Å². The molecule has 0 aliphatic rings. The number of nitrogens with one attached hydrogen (secondary N) is 1. The van der Waals surface area contributed by atoms with E-state index in [0.29, 0.717) is 16.1 Å². The van der Waals surface area contributed by atoms with Crippen LogP contribution in [0.4, 0.5) is 5.69 Å². The van der Waals surface area contributed by atoms with E-state index in [1.54, 1.807) is 28.8 Å². The SMILES string of the molecule is CC(C)n1c(SCC(=O)Nc2cc(C(N)=O)cc(C(N)=O)c2)nc2ccccc2c1=O. The number of anilines is 1. The fourth-order valence-corrected chi connectivity index (χ4v) is 3.92. The van der Waals surface area contributed by atoms with Crippen LogP contribution >= 0.6 is 11.8 Å². The van der Waals surface area contributed by atoms with Crippen LogP contribution < -0.4 is 22.3 Å². The Bertz CT molecular complexity index is 1220. The number of nitrogens with zero attached hydrogens (tertiary/aromatic N) is 2. The molecule has 1 aromatic heterocycles. The fraction of sp³-hybridized carbons (Fsp3) is 0.190. The molecule has 0 spiro atoms. The molecule has 31 heavy (non-hydrogen) atoms. The van der Waals surface area contributed by atoms with Gasteiger partial charge >= 0.3 is 0 Å². The molecule has 0 unspecified atom stereocenters. The number of carbonyl (C=O) groups is 3. The largest absolute Gasteiger partial charge is 0.366 e. The standard InChI is InChI=1S/C21H21N5O4S/c1-11(2)26-20(30)15-5-3-4-6-16(15)25-21(26)31-10-17(27)24-14-8-12(18(22)28)7-13(9-14)19(23)29/h3-9,11H,10H2,1-2H3,(H2,22,28)(H2,23,29)(H,24,27). The Morgan fingerprint density at radius 2 is 1.68 bits per heavy atom. The van der Waals surface area contributed by atoms with Crippen LogP contribution in [-0.4, -0.2) is 33.0 Å². The number of hydrogen-bond donors (Lipinski definition) is 3. The first-order valence-corrected chi connectivity index (χ1v) is 10.3. The number of nitrogens with two attached hydrogens (primary N) is 2. The van der Waals surface area contributed by atoms with Crippen molar-refractivity contribution in [1.82, 2.24) is 9.55 Å². The summed E-state index contributed by atoms with van der Waals surface area (Å²) in [5.41, 5.74) is 11.2. The predicted molar refractivity (Wildman–Crippen MR) is 119 cm³/mol. The summed E-state index contributed by atoms with van der Waals surface area (Å²) in [6.07, 6.45) is 0. The summed E-state index contributed by atoms with van der Waals surface area (Å²) in [5.74, 6) is -1.98. The molecule has 3 aromatic rings. The van der Waals surface area contributed by atoms with Crippen LogP contribution in [0.3, 0.4) is 0 Å². The molecule has 1 heterocycles. The highest BCUT2D eigenvalue weighted by Gasteiger charge is 2.16. The zero-order valence-corrected chi connectivity index (χ0v) is 17.7. The van der Waals surface area contributed by atoms with E-state index >= 15 is 0 Å². The molecule has 10 heteroatoms. The van der Waals surface area contributed by atoms with Crippen molar-refractivity contribution in [3.63, 3.8) is 0 Å². The number of thioether (sulfide) groups is 1. The zero-order valence-electron chi connectivity index (χ0n) is 16.9. The number of benzene rings is 2. The maximum atomic E-state index is 12.9. The second kappa shape index (κ2) is 9.00. The van der Waals surface area contributed by atoms with Gasteiger partial charge in [-0.25, -0.2) is 4.98 Å². The third-order valence-electron chi connectivity index (χ3n) is 4.41. The molecule has 0 bridgehead atoms. The van der Waals surface area contributed by atoms with E-state index < -0.39 is 17.7 Å². The van der Waals surface area contributed by atoms with Gasteiger partial charge < -0.3 is 16.8 Å². The van der Waals surface area contributed by atoms with E-state index in [1.165, 1.54) is 18.2 Å². The number of para-hydroxylation sites is 1. The fourth-order valence-electron chi connectivity index (χ4n) is 2.99. The molecule has 0 atom stereocenters. The quantitative estimate of drug-likeness (QED) is 0.378. The number of carbonyl (C=O) groups excluding carboxylic acids is 3. The molecule has 160 valence electrons. The maximum absolute atomic E-state index is 12.9. The van der Waals surface area contributed by atoms with E-state index in [2.05, 4.69) is 10.3 Å². The van der Waals surface area contributed by atoms with E-state index in [-0.39, 0.29) is 34.2 Å². The summed E-state index contributed by atoms with van der Waals surface area (Å²) < 4.78 is 1.54. The Labute approximate surface area is 181 Å². The van der Waals surface area contributed by atoms with Crippen LogP contribution in [0, 0.1) is 0 Å². The van der Waals surface area contributed by atoms with E-state index in [0.717, 1.165) is 11.8 Å². The van der Waals surface area contributed by atoms with Crippen molar-refractivity contribution in [2.45, 2.75) is 25.0 Å². The summed E-state index contributed by atoms with van der Waals surface area (Å²) in [4.78, 5) is 52.8. The van der Waals surface area contributed by atoms with Gasteiger partial charge in [-0.05, 0) is 44.2 Å². The molecular weight excluding hydrogens is 418 g/mol. The zero-order chi connectivity index (χ0) is 22.7. The van der Waals surface area contributed by atoms with Crippen LogP contribution in [0.25, 0.3) is 10.9 Å². The molecule has 0 saturated carbocycles. The average molecular weight is 439 g/mol. The van der Waals surface area contributed by atoms with Crippen molar-refractivity contribution >= 4 is 46.1 Å². The van der Waals surface area contributed by atoms with E-state index in [9.17, 15) is 19.2 Å². The van der Waals surface area contributed by atoms with Gasteiger partial charge in [0.2, 0.25) is 17.7 Å². The van der Waals surface area contributed by atoms with Crippen molar-refractivity contribution in [3.05, 3.63) is 63.9 Å². The van der Waals surface area contributed by atoms with Crippen molar-refractivity contribution in [3.8, 4) is 0 Å². The lowest BCUT2D eigenvalue weighted by molar-refractivity contribution is -0.113. The monoisotopic (exact) mass is 439 g/mol. The lowest BCUT2D eigenvalue weighted by Gasteiger charge is -2.16. The molecule has 5 N–H and O–H groups in total. The van der Waals surface area contributed by atoms with Crippen molar-refractivity contribution < 1.29 is 14.4 Å². The van der Waals surface area contributed by atoms with Gasteiger partial charge in [-0.15, -0.1) is 0 Å². The Morgan fingerprint density at radius 3 is 2.26 bits per heavy atom. The van der Waals surface area contributed by atoms with Gasteiger partial charge in [-0.1, -0.05) is 23.9 Å². The summed E-state index contributed by atoms with van der Waals surface area (Å²) >= 11 is 1.11. The second-order valence-corrected chi connectivity index (χ2v) is 7.99. The number of primary amides is 2. The second-order valence-electron chi connectivity index (χ2n) is 7.04. The van der Waals surface area contributed by atoms with Crippen LogP contribution in [-0.2, 0) is 4.79 Å². The number of rotatable bonds is 7. The Kier molecular flexibility index (Phi) is 6.40. The predicted octanol–water partition coefficient (Wildman–Crippen LogP) is 1.91. The molecule has 9 nitrogen and oxygen atoms in total. The van der Waals surface area contributed by atoms with Crippen molar-refractivity contribution in [1.29, 1.82) is 0 Å². The summed E-state index contributed by atoms with van der Waals surface area (Å²) in [6, 6.07) is 10.8. The van der Waals surface area contributed by atoms with Gasteiger partial charge in [0.15, 0.2) is 5.16 Å². The van der Waals surface area contributed by atoms with Crippen LogP contribution in [0.2, 0.25) is 0 Å². The highest BCUT2D eigenvalue weighted by atomic mass is 32.2. The Morgan fingerprint density at radius 1 is 1.06 bits per heavy atom. The van der Waals surface area contributed by atoms with E-state index in [4.69, 9.17) is 11.5 Å². The molecule has 3 rings (SSSR count). The van der Waals surface area contributed by atoms with Gasteiger partial charge in [-0.3, -0.25) is 23.7 Å². The Balaban J connectivity index is 1.84. The molecule has 0 radical (unpaired) electrons. The molecule has 3 amide bonds. The number of amides is 3. The minimum absolute atomic E-state index is 0.0455. The van der Waals surface area contributed by atoms with Crippen molar-refractivity contribution in [2.75, 3.05) is 11.1 Å². The molecule has 0 fully saturated rings. The van der Waals surface area contributed by atoms with Gasteiger partial charge in [0.25, 0.3) is 5.56 Å². The third kappa shape index (κ3) is 4.92. The smallest absolute Gasteiger partial charge is 0.262 e. The minimum atomic E-state index is -0.755. The van der Waals surface area contributed by atoms with Gasteiger partial charge in [0, 0.05) is 22.9 Å². The molecular formula is C21H21N5O4S. The molecule has 0 saturated heterocycles. The summed E-state index contributed by atoms with van der Waals surface area (Å²) in [7, 11) is 0. The lowest BCUT2D eigenvalue weighted by atomic mass is 10.1. The van der Waals surface area contributed by atoms with Gasteiger partial charge in [-0.2, -0.15) is 0 Å². The van der Waals surface area contributed by atoms with Crippen LogP contribution in [0.15, 0.2) is 52.4 Å². The normalized spacial score (nSPS) is 10.9. The first kappa shape index (κ1) is 22.0. The van der Waals surface area contributed by atoms with E-state index in [1.807, 2.05) is 13.8 Å². The lowest BCUT2D eigenvalue weighted by Crippen LogP contribution is -2.25. The first-order chi connectivity index (χ1) is 14.7. The number of aromatic nitrogens is 2. The average Bonchev–Trinajstić information content (AvgIpc) is 2.71. The third-order valence-corrected chi connectivity index (χ3v) is 5.36. The van der Waals surface area contributed by atoms with Crippen LogP contribution in [0.1, 0.15) is 40.6 Å². The number of hydrogen-bond acceptors (Lipinski definition) is 6. The van der Waals surface area contributed by atoms with Crippen molar-refractivity contribution in [2.24, 2.45) is 11.5 Å². The van der Waals surface area contributed by atoms with Gasteiger partial charge in [0.1, 0.15) is 0 Å². The molecule has 0 aliphatic heterocycles.